The van der Waals surface area contributed by atoms with Crippen molar-refractivity contribution in [1.82, 2.24) is 0 Å². The maximum atomic E-state index is 10.6. The van der Waals surface area contributed by atoms with E-state index in [2.05, 4.69) is 6.92 Å². The first-order valence-corrected chi connectivity index (χ1v) is 8.07. The van der Waals surface area contributed by atoms with Crippen LogP contribution in [0.2, 0.25) is 0 Å². The summed E-state index contributed by atoms with van der Waals surface area (Å²) in [6.45, 7) is 2.65. The number of carboxylic acids is 1. The van der Waals surface area contributed by atoms with Gasteiger partial charge in [-0.05, 0) is 6.42 Å². The van der Waals surface area contributed by atoms with E-state index in [4.69, 9.17) is 0 Å². The second-order valence-corrected chi connectivity index (χ2v) is 6.57. The molecule has 0 bridgehead atoms. The predicted octanol–water partition coefficient (Wildman–Crippen LogP) is 1.70. The van der Waals surface area contributed by atoms with E-state index in [0.717, 1.165) is 19.3 Å². The van der Waals surface area contributed by atoms with E-state index in [1.54, 1.807) is 0 Å². The number of carbonyl (C=O) groups excluding carboxylic acids is 1. The summed E-state index contributed by atoms with van der Waals surface area (Å²) in [4.78, 5) is 10.6. The lowest BCUT2D eigenvalue weighted by molar-refractivity contribution is -0.887. The minimum Gasteiger partial charge on any atom is -0.544 e. The van der Waals surface area contributed by atoms with Crippen LogP contribution in [0.5, 0.6) is 0 Å². The Morgan fingerprint density at radius 1 is 1.05 bits per heavy atom. The van der Waals surface area contributed by atoms with Gasteiger partial charge in [0.05, 0.1) is 20.1 Å². The highest BCUT2D eigenvalue weighted by Crippen LogP contribution is 2.12. The Hall–Kier alpha value is -0.610. The molecule has 0 amide bonds. The van der Waals surface area contributed by atoms with Gasteiger partial charge in [-0.1, -0.05) is 58.3 Å². The maximum Gasteiger partial charge on any atom is 0.119 e. The van der Waals surface area contributed by atoms with Crippen molar-refractivity contribution in [2.45, 2.75) is 70.8 Å². The van der Waals surface area contributed by atoms with Crippen LogP contribution in [-0.2, 0) is 4.79 Å². The molecule has 120 valence electrons. The fourth-order valence-corrected chi connectivity index (χ4v) is 2.59. The van der Waals surface area contributed by atoms with E-state index < -0.39 is 12.1 Å². The van der Waals surface area contributed by atoms with Crippen LogP contribution in [-0.4, -0.2) is 48.8 Å². The highest BCUT2D eigenvalue weighted by molar-refractivity contribution is 5.65. The molecule has 1 unspecified atom stereocenters. The Bertz CT molecular complexity index is 254. The second-order valence-electron chi connectivity index (χ2n) is 6.57. The van der Waals surface area contributed by atoms with Gasteiger partial charge in [-0.25, -0.2) is 0 Å². The lowest BCUT2D eigenvalue weighted by atomic mass is 10.1. The van der Waals surface area contributed by atoms with Crippen molar-refractivity contribution in [3.8, 4) is 0 Å². The van der Waals surface area contributed by atoms with E-state index >= 15 is 0 Å². The van der Waals surface area contributed by atoms with E-state index in [1.165, 1.54) is 38.5 Å². The second kappa shape index (κ2) is 11.1. The molecule has 0 aliphatic rings. The number of quaternary nitrogens is 1. The summed E-state index contributed by atoms with van der Waals surface area (Å²) >= 11 is 0. The lowest BCUT2D eigenvalue weighted by Gasteiger charge is -2.32. The number of aliphatic carboxylic acids is 1. The summed E-state index contributed by atoms with van der Waals surface area (Å²) in [6.07, 6.45) is 10.4. The molecule has 0 rings (SSSR count). The van der Waals surface area contributed by atoms with Crippen molar-refractivity contribution in [2.24, 2.45) is 0 Å². The fourth-order valence-electron chi connectivity index (χ4n) is 2.59. The van der Waals surface area contributed by atoms with Gasteiger partial charge < -0.3 is 19.5 Å². The van der Waals surface area contributed by atoms with Crippen LogP contribution in [0.25, 0.3) is 0 Å². The fraction of sp³-hybridized carbons (Fsp3) is 0.938. The standard InChI is InChI=1S/C16H33NO3/c1-4-5-6-7-8-9-10-11-12-15(18)13-17(2,3)14-16(19)20/h15,18H,4-14H2,1-3H3. The van der Waals surface area contributed by atoms with Crippen molar-refractivity contribution in [2.75, 3.05) is 27.2 Å². The Labute approximate surface area is 124 Å². The lowest BCUT2D eigenvalue weighted by Crippen LogP contribution is -2.51. The number of aliphatic hydroxyl groups excluding tert-OH is 1. The van der Waals surface area contributed by atoms with Crippen LogP contribution in [0.1, 0.15) is 64.7 Å². The van der Waals surface area contributed by atoms with Gasteiger partial charge in [0.2, 0.25) is 0 Å². The van der Waals surface area contributed by atoms with Gasteiger partial charge in [0.1, 0.15) is 19.2 Å². The molecule has 0 aliphatic heterocycles. The van der Waals surface area contributed by atoms with Crippen molar-refractivity contribution in [1.29, 1.82) is 0 Å². The quantitative estimate of drug-likeness (QED) is 0.414. The molecule has 0 saturated carbocycles. The van der Waals surface area contributed by atoms with Crippen molar-refractivity contribution in [3.05, 3.63) is 0 Å². The van der Waals surface area contributed by atoms with Crippen molar-refractivity contribution >= 4 is 5.97 Å². The van der Waals surface area contributed by atoms with Gasteiger partial charge in [0.25, 0.3) is 0 Å². The number of aliphatic hydroxyl groups is 1. The molecule has 0 aromatic heterocycles. The maximum absolute atomic E-state index is 10.6. The highest BCUT2D eigenvalue weighted by atomic mass is 16.4. The first-order chi connectivity index (χ1) is 9.37. The highest BCUT2D eigenvalue weighted by Gasteiger charge is 2.20. The molecule has 1 N–H and O–H groups in total. The van der Waals surface area contributed by atoms with Crippen LogP contribution < -0.4 is 5.11 Å². The summed E-state index contributed by atoms with van der Waals surface area (Å²) in [7, 11) is 3.62. The predicted molar refractivity (Wildman–Crippen MR) is 80.1 cm³/mol. The minimum absolute atomic E-state index is 0.0471. The van der Waals surface area contributed by atoms with Gasteiger partial charge >= 0.3 is 0 Å². The third-order valence-electron chi connectivity index (χ3n) is 3.65. The molecule has 0 spiro atoms. The number of carbonyl (C=O) groups is 1. The van der Waals surface area contributed by atoms with Crippen molar-refractivity contribution < 1.29 is 19.5 Å². The molecule has 0 aromatic carbocycles. The van der Waals surface area contributed by atoms with Gasteiger partial charge in [0, 0.05) is 0 Å². The van der Waals surface area contributed by atoms with Gasteiger partial charge in [-0.3, -0.25) is 0 Å². The van der Waals surface area contributed by atoms with Crippen LogP contribution >= 0.6 is 0 Å². The van der Waals surface area contributed by atoms with Crippen LogP contribution in [0.4, 0.5) is 0 Å². The average Bonchev–Trinajstić information content (AvgIpc) is 2.30. The van der Waals surface area contributed by atoms with Gasteiger partial charge in [0.15, 0.2) is 0 Å². The average molecular weight is 287 g/mol. The zero-order chi connectivity index (χ0) is 15.4. The zero-order valence-corrected chi connectivity index (χ0v) is 13.6. The molecular weight excluding hydrogens is 254 g/mol. The van der Waals surface area contributed by atoms with Crippen LogP contribution in [0, 0.1) is 0 Å². The summed E-state index contributed by atoms with van der Waals surface area (Å²) < 4.78 is 0.278. The van der Waals surface area contributed by atoms with Gasteiger partial charge in [-0.2, -0.15) is 0 Å². The first kappa shape index (κ1) is 19.4. The molecule has 4 nitrogen and oxygen atoms in total. The first-order valence-electron chi connectivity index (χ1n) is 8.07. The third kappa shape index (κ3) is 12.4. The molecular formula is C16H33NO3. The van der Waals surface area contributed by atoms with Crippen LogP contribution in [0.15, 0.2) is 0 Å². The molecule has 0 aromatic rings. The SMILES string of the molecule is CCCCCCCCCCC(O)C[N+](C)(C)CC(=O)[O-]. The van der Waals surface area contributed by atoms with Gasteiger partial charge in [-0.15, -0.1) is 0 Å². The number of carboxylic acid groups (broad SMARTS) is 1. The number of hydrogen-bond acceptors (Lipinski definition) is 3. The van der Waals surface area contributed by atoms with E-state index in [9.17, 15) is 15.0 Å². The number of hydrogen-bond donors (Lipinski definition) is 1. The van der Waals surface area contributed by atoms with E-state index in [0.29, 0.717) is 6.54 Å². The Balaban J connectivity index is 3.53. The molecule has 20 heavy (non-hydrogen) atoms. The Kier molecular flexibility index (Phi) is 10.8. The molecule has 0 aliphatic carbocycles. The smallest absolute Gasteiger partial charge is 0.119 e. The molecule has 0 radical (unpaired) electrons. The Morgan fingerprint density at radius 3 is 2.05 bits per heavy atom. The summed E-state index contributed by atoms with van der Waals surface area (Å²) in [5.74, 6) is -1.06. The Morgan fingerprint density at radius 2 is 1.55 bits per heavy atom. The van der Waals surface area contributed by atoms with E-state index in [-0.39, 0.29) is 11.0 Å². The number of nitrogens with zero attached hydrogens (tertiary/aromatic N) is 1. The number of unbranched alkanes of at least 4 members (excludes halogenated alkanes) is 7. The minimum atomic E-state index is -1.06. The van der Waals surface area contributed by atoms with Crippen molar-refractivity contribution in [3.63, 3.8) is 0 Å². The normalized spacial score (nSPS) is 13.4. The molecule has 0 heterocycles. The summed E-state index contributed by atoms with van der Waals surface area (Å²) in [6, 6.07) is 0. The molecule has 4 heteroatoms. The molecule has 1 atom stereocenters. The number of rotatable bonds is 13. The number of likely N-dealkylation sites (N-methyl/N-ethyl adjacent to an activating group) is 1. The topological polar surface area (TPSA) is 60.4 Å². The largest absolute Gasteiger partial charge is 0.544 e. The van der Waals surface area contributed by atoms with E-state index in [1.807, 2.05) is 14.1 Å². The zero-order valence-electron chi connectivity index (χ0n) is 13.6. The third-order valence-corrected chi connectivity index (χ3v) is 3.65. The van der Waals surface area contributed by atoms with Crippen LogP contribution in [0.3, 0.4) is 0 Å². The summed E-state index contributed by atoms with van der Waals surface area (Å²) in [5, 5.41) is 20.5. The monoisotopic (exact) mass is 287 g/mol. The summed E-state index contributed by atoms with van der Waals surface area (Å²) in [5.41, 5.74) is 0. The molecule has 0 saturated heterocycles. The molecule has 0 fully saturated rings.